The summed E-state index contributed by atoms with van der Waals surface area (Å²) in [5.41, 5.74) is -0.0176. The molecule has 0 bridgehead atoms. The van der Waals surface area contributed by atoms with Crippen molar-refractivity contribution in [1.29, 1.82) is 0 Å². The van der Waals surface area contributed by atoms with E-state index in [-0.39, 0.29) is 11.1 Å². The van der Waals surface area contributed by atoms with E-state index in [2.05, 4.69) is 31.1 Å². The van der Waals surface area contributed by atoms with Crippen molar-refractivity contribution in [3.63, 3.8) is 0 Å². The molecule has 2 aromatic rings. The molecule has 0 aliphatic heterocycles. The highest BCUT2D eigenvalue weighted by atomic mass is 16.1. The molecule has 0 saturated carbocycles. The van der Waals surface area contributed by atoms with Crippen molar-refractivity contribution in [2.24, 2.45) is 0 Å². The average molecular weight is 244 g/mol. The summed E-state index contributed by atoms with van der Waals surface area (Å²) < 4.78 is 0. The number of benzene rings is 1. The zero-order valence-electron chi connectivity index (χ0n) is 11.2. The third-order valence-corrected chi connectivity index (χ3v) is 3.75. The molecule has 0 fully saturated rings. The van der Waals surface area contributed by atoms with E-state index in [0.717, 1.165) is 29.4 Å². The van der Waals surface area contributed by atoms with Crippen LogP contribution in [0.2, 0.25) is 0 Å². The van der Waals surface area contributed by atoms with E-state index in [1.54, 1.807) is 0 Å². The monoisotopic (exact) mass is 244 g/mol. The lowest BCUT2D eigenvalue weighted by atomic mass is 9.95. The summed E-state index contributed by atoms with van der Waals surface area (Å²) in [6, 6.07) is 9.64. The van der Waals surface area contributed by atoms with Crippen LogP contribution >= 0.6 is 0 Å². The summed E-state index contributed by atoms with van der Waals surface area (Å²) in [6.07, 6.45) is 2.02. The lowest BCUT2D eigenvalue weighted by Gasteiger charge is -2.29. The van der Waals surface area contributed by atoms with Crippen LogP contribution in [0.15, 0.2) is 35.1 Å². The van der Waals surface area contributed by atoms with Gasteiger partial charge < -0.3 is 10.3 Å². The third kappa shape index (κ3) is 2.40. The Hall–Kier alpha value is -1.77. The summed E-state index contributed by atoms with van der Waals surface area (Å²) in [4.78, 5) is 14.9. The van der Waals surface area contributed by atoms with Crippen molar-refractivity contribution in [2.75, 3.05) is 5.32 Å². The lowest BCUT2D eigenvalue weighted by molar-refractivity contribution is 0.477. The van der Waals surface area contributed by atoms with Crippen LogP contribution in [-0.2, 0) is 0 Å². The number of H-pyrrole nitrogens is 1. The zero-order chi connectivity index (χ0) is 13.2. The van der Waals surface area contributed by atoms with Gasteiger partial charge in [-0.05, 0) is 37.3 Å². The maximum atomic E-state index is 12.0. The van der Waals surface area contributed by atoms with Gasteiger partial charge in [0.15, 0.2) is 0 Å². The summed E-state index contributed by atoms with van der Waals surface area (Å²) >= 11 is 0. The topological polar surface area (TPSA) is 44.9 Å². The number of aromatic amines is 1. The minimum absolute atomic E-state index is 0.0192. The molecule has 2 rings (SSSR count). The van der Waals surface area contributed by atoms with Gasteiger partial charge >= 0.3 is 0 Å². The number of anilines is 1. The molecule has 0 aliphatic rings. The van der Waals surface area contributed by atoms with Gasteiger partial charge in [-0.1, -0.05) is 32.0 Å². The van der Waals surface area contributed by atoms with Gasteiger partial charge in [0.2, 0.25) is 0 Å². The molecular weight excluding hydrogens is 224 g/mol. The summed E-state index contributed by atoms with van der Waals surface area (Å²) in [7, 11) is 0. The van der Waals surface area contributed by atoms with Gasteiger partial charge in [-0.25, -0.2) is 0 Å². The van der Waals surface area contributed by atoms with Crippen molar-refractivity contribution in [3.8, 4) is 0 Å². The standard InChI is InChI=1S/C15H20N2O/c1-4-15(3,5-2)17-13-10-11-8-6-7-9-12(11)14(18)16-13/h6-10H,4-5H2,1-3H3,(H2,16,17,18). The smallest absolute Gasteiger partial charge is 0.257 e. The number of pyridine rings is 1. The fourth-order valence-electron chi connectivity index (χ4n) is 2.03. The van der Waals surface area contributed by atoms with E-state index < -0.39 is 0 Å². The Labute approximate surface area is 107 Å². The molecule has 1 aromatic carbocycles. The fraction of sp³-hybridized carbons (Fsp3) is 0.400. The van der Waals surface area contributed by atoms with Gasteiger partial charge in [-0.3, -0.25) is 4.79 Å². The second-order valence-electron chi connectivity index (χ2n) is 4.99. The largest absolute Gasteiger partial charge is 0.366 e. The van der Waals surface area contributed by atoms with E-state index in [1.165, 1.54) is 0 Å². The number of nitrogens with one attached hydrogen (secondary N) is 2. The van der Waals surface area contributed by atoms with Crippen LogP contribution in [0.5, 0.6) is 0 Å². The van der Waals surface area contributed by atoms with E-state index in [0.29, 0.717) is 0 Å². The Bertz CT molecular complexity index is 597. The molecule has 0 radical (unpaired) electrons. The van der Waals surface area contributed by atoms with Gasteiger partial charge in [0.1, 0.15) is 5.82 Å². The van der Waals surface area contributed by atoms with Gasteiger partial charge in [0.05, 0.1) is 0 Å². The molecule has 0 aliphatic carbocycles. The normalized spacial score (nSPS) is 11.7. The molecule has 3 heteroatoms. The van der Waals surface area contributed by atoms with Crippen LogP contribution in [-0.4, -0.2) is 10.5 Å². The highest BCUT2D eigenvalue weighted by molar-refractivity contribution is 5.83. The van der Waals surface area contributed by atoms with Crippen LogP contribution in [0.25, 0.3) is 10.8 Å². The number of aromatic nitrogens is 1. The molecule has 0 amide bonds. The minimum Gasteiger partial charge on any atom is -0.366 e. The van der Waals surface area contributed by atoms with Gasteiger partial charge in [0, 0.05) is 10.9 Å². The molecule has 0 unspecified atom stereocenters. The summed E-state index contributed by atoms with van der Waals surface area (Å²) in [6.45, 7) is 6.46. The van der Waals surface area contributed by atoms with Crippen LogP contribution in [0.1, 0.15) is 33.6 Å². The first-order valence-corrected chi connectivity index (χ1v) is 6.48. The molecule has 3 nitrogen and oxygen atoms in total. The molecule has 2 N–H and O–H groups in total. The summed E-state index contributed by atoms with van der Waals surface area (Å²) in [5, 5.41) is 5.14. The van der Waals surface area contributed by atoms with Crippen molar-refractivity contribution in [1.82, 2.24) is 4.98 Å². The Morgan fingerprint density at radius 3 is 2.56 bits per heavy atom. The maximum Gasteiger partial charge on any atom is 0.257 e. The Balaban J connectivity index is 2.44. The van der Waals surface area contributed by atoms with Crippen LogP contribution < -0.4 is 10.9 Å². The molecule has 96 valence electrons. The number of hydrogen-bond acceptors (Lipinski definition) is 2. The lowest BCUT2D eigenvalue weighted by Crippen LogP contribution is -2.34. The van der Waals surface area contributed by atoms with Crippen molar-refractivity contribution in [2.45, 2.75) is 39.2 Å². The Morgan fingerprint density at radius 2 is 1.89 bits per heavy atom. The van der Waals surface area contributed by atoms with Crippen molar-refractivity contribution >= 4 is 16.6 Å². The van der Waals surface area contributed by atoms with Crippen LogP contribution in [0, 0.1) is 0 Å². The third-order valence-electron chi connectivity index (χ3n) is 3.75. The molecule has 0 saturated heterocycles. The molecule has 0 atom stereocenters. The Morgan fingerprint density at radius 1 is 1.22 bits per heavy atom. The van der Waals surface area contributed by atoms with Gasteiger partial charge in [-0.15, -0.1) is 0 Å². The highest BCUT2D eigenvalue weighted by Crippen LogP contribution is 2.21. The molecule has 18 heavy (non-hydrogen) atoms. The predicted octanol–water partition coefficient (Wildman–Crippen LogP) is 3.52. The quantitative estimate of drug-likeness (QED) is 0.864. The van der Waals surface area contributed by atoms with Crippen molar-refractivity contribution in [3.05, 3.63) is 40.7 Å². The van der Waals surface area contributed by atoms with Crippen molar-refractivity contribution < 1.29 is 0 Å². The molecular formula is C15H20N2O. The van der Waals surface area contributed by atoms with Crippen LogP contribution in [0.3, 0.4) is 0 Å². The first-order valence-electron chi connectivity index (χ1n) is 6.48. The van der Waals surface area contributed by atoms with Crippen LogP contribution in [0.4, 0.5) is 5.82 Å². The maximum absolute atomic E-state index is 12.0. The first-order chi connectivity index (χ1) is 8.58. The average Bonchev–Trinajstić information content (AvgIpc) is 2.38. The van der Waals surface area contributed by atoms with E-state index >= 15 is 0 Å². The predicted molar refractivity (Wildman–Crippen MR) is 77.2 cm³/mol. The fourth-order valence-corrected chi connectivity index (χ4v) is 2.03. The second-order valence-corrected chi connectivity index (χ2v) is 4.99. The molecule has 1 aromatic heterocycles. The number of hydrogen-bond donors (Lipinski definition) is 2. The Kier molecular flexibility index (Phi) is 3.41. The van der Waals surface area contributed by atoms with E-state index in [9.17, 15) is 4.79 Å². The first kappa shape index (κ1) is 12.7. The molecule has 0 spiro atoms. The van der Waals surface area contributed by atoms with Gasteiger partial charge in [0.25, 0.3) is 5.56 Å². The minimum atomic E-state index is -0.0369. The SMILES string of the molecule is CCC(C)(CC)Nc1cc2ccccc2c(=O)[nH]1. The van der Waals surface area contributed by atoms with E-state index in [4.69, 9.17) is 0 Å². The van der Waals surface area contributed by atoms with Gasteiger partial charge in [-0.2, -0.15) is 0 Å². The summed E-state index contributed by atoms with van der Waals surface area (Å²) in [5.74, 6) is 0.796. The zero-order valence-corrected chi connectivity index (χ0v) is 11.2. The second kappa shape index (κ2) is 4.84. The number of rotatable bonds is 4. The highest BCUT2D eigenvalue weighted by Gasteiger charge is 2.19. The number of fused-ring (bicyclic) bond motifs is 1. The van der Waals surface area contributed by atoms with E-state index in [1.807, 2.05) is 30.3 Å². The molecule has 1 heterocycles.